The van der Waals surface area contributed by atoms with Crippen LogP contribution in [0.3, 0.4) is 0 Å². The molecule has 0 saturated carbocycles. The fraction of sp³-hybridized carbons (Fsp3) is 0.538. The summed E-state index contributed by atoms with van der Waals surface area (Å²) in [6.45, 7) is 4.10. The number of ether oxygens (including phenoxy) is 2. The number of halogens is 1. The molecule has 2 N–H and O–H groups in total. The van der Waals surface area contributed by atoms with E-state index < -0.39 is 0 Å². The van der Waals surface area contributed by atoms with Crippen molar-refractivity contribution in [2.45, 2.75) is 30.2 Å². The molecule has 0 spiro atoms. The molecule has 1 unspecified atom stereocenters. The first-order chi connectivity index (χ1) is 8.04. The van der Waals surface area contributed by atoms with Crippen LogP contribution in [0.4, 0.5) is 0 Å². The fourth-order valence-corrected chi connectivity index (χ4v) is 2.72. The molecule has 0 saturated heterocycles. The van der Waals surface area contributed by atoms with Crippen molar-refractivity contribution in [1.82, 2.24) is 0 Å². The molecule has 0 amide bonds. The highest BCUT2D eigenvalue weighted by atomic mass is 127. The van der Waals surface area contributed by atoms with Crippen LogP contribution in [-0.2, 0) is 0 Å². The van der Waals surface area contributed by atoms with Gasteiger partial charge in [-0.2, -0.15) is 0 Å². The monoisotopic (exact) mass is 349 g/mol. The maximum Gasteiger partial charge on any atom is 0.123 e. The zero-order chi connectivity index (χ0) is 13.0. The van der Waals surface area contributed by atoms with Crippen LogP contribution in [0.5, 0.6) is 11.5 Å². The number of hydrogen-bond donors (Lipinski definition) is 1. The molecule has 2 atom stereocenters. The van der Waals surface area contributed by atoms with Crippen LogP contribution in [0, 0.1) is 6.92 Å². The lowest BCUT2D eigenvalue weighted by atomic mass is 10.0. The van der Waals surface area contributed by atoms with Gasteiger partial charge in [-0.05, 0) is 31.0 Å². The van der Waals surface area contributed by atoms with E-state index >= 15 is 0 Å². The summed E-state index contributed by atoms with van der Waals surface area (Å²) in [5.41, 5.74) is 8.27. The first-order valence-electron chi connectivity index (χ1n) is 5.67. The summed E-state index contributed by atoms with van der Waals surface area (Å²) in [6, 6.07) is 4.15. The summed E-state index contributed by atoms with van der Waals surface area (Å²) >= 11 is 2.37. The molecule has 96 valence electrons. The summed E-state index contributed by atoms with van der Waals surface area (Å²) in [5, 5.41) is 0. The number of rotatable bonds is 5. The Balaban J connectivity index is 3.20. The molecule has 0 aromatic heterocycles. The lowest BCUT2D eigenvalue weighted by Gasteiger charge is -2.21. The van der Waals surface area contributed by atoms with Crippen LogP contribution < -0.4 is 15.2 Å². The smallest absolute Gasteiger partial charge is 0.123 e. The van der Waals surface area contributed by atoms with E-state index in [0.717, 1.165) is 29.0 Å². The van der Waals surface area contributed by atoms with Gasteiger partial charge in [0.1, 0.15) is 11.5 Å². The molecular formula is C13H20INO2. The van der Waals surface area contributed by atoms with Crippen molar-refractivity contribution in [2.24, 2.45) is 5.73 Å². The number of aryl methyl sites for hydroxylation is 1. The molecule has 1 rings (SSSR count). The molecule has 4 heteroatoms. The molecule has 3 nitrogen and oxygen atoms in total. The molecule has 0 aliphatic carbocycles. The maximum absolute atomic E-state index is 6.10. The van der Waals surface area contributed by atoms with Crippen molar-refractivity contribution in [3.63, 3.8) is 0 Å². The second kappa shape index (κ2) is 6.44. The van der Waals surface area contributed by atoms with Crippen molar-refractivity contribution < 1.29 is 9.47 Å². The molecule has 0 fully saturated rings. The molecule has 0 bridgehead atoms. The molecule has 1 aromatic carbocycles. The Morgan fingerprint density at radius 2 is 1.82 bits per heavy atom. The van der Waals surface area contributed by atoms with Gasteiger partial charge < -0.3 is 15.2 Å². The summed E-state index contributed by atoms with van der Waals surface area (Å²) in [5.74, 6) is 1.76. The topological polar surface area (TPSA) is 44.5 Å². The van der Waals surface area contributed by atoms with E-state index in [1.807, 2.05) is 19.1 Å². The molecular weight excluding hydrogens is 329 g/mol. The molecule has 0 aliphatic heterocycles. The van der Waals surface area contributed by atoms with Crippen molar-refractivity contribution in [1.29, 1.82) is 0 Å². The first-order valence-corrected chi connectivity index (χ1v) is 6.91. The van der Waals surface area contributed by atoms with Crippen LogP contribution in [-0.4, -0.2) is 20.3 Å². The predicted molar refractivity (Wildman–Crippen MR) is 79.3 cm³/mol. The standard InChI is InChI=1S/C13H20INO2/c1-5-10(15)13(14)9-7-11(16-3)8(2)6-12(9)17-4/h6-7,10,13H,5,15H2,1-4H3/t10-,13?/m1/s1. The quantitative estimate of drug-likeness (QED) is 0.656. The van der Waals surface area contributed by atoms with Crippen molar-refractivity contribution >= 4 is 22.6 Å². The maximum atomic E-state index is 6.10. The van der Waals surface area contributed by atoms with Gasteiger partial charge in [-0.25, -0.2) is 0 Å². The number of methoxy groups -OCH3 is 2. The predicted octanol–water partition coefficient (Wildman–Crippen LogP) is 3.23. The summed E-state index contributed by atoms with van der Waals surface area (Å²) in [6.07, 6.45) is 0.937. The van der Waals surface area contributed by atoms with Gasteiger partial charge in [0.2, 0.25) is 0 Å². The second-order valence-electron chi connectivity index (χ2n) is 4.04. The van der Waals surface area contributed by atoms with E-state index in [2.05, 4.69) is 29.5 Å². The summed E-state index contributed by atoms with van der Waals surface area (Å²) < 4.78 is 11.0. The molecule has 0 radical (unpaired) electrons. The van der Waals surface area contributed by atoms with E-state index in [1.54, 1.807) is 14.2 Å². The summed E-state index contributed by atoms with van der Waals surface area (Å²) in [4.78, 5) is 0. The Kier molecular flexibility index (Phi) is 5.52. The van der Waals surface area contributed by atoms with Crippen molar-refractivity contribution in [2.75, 3.05) is 14.2 Å². The number of alkyl halides is 1. The van der Waals surface area contributed by atoms with Gasteiger partial charge in [-0.3, -0.25) is 0 Å². The van der Waals surface area contributed by atoms with Gasteiger partial charge in [0, 0.05) is 11.6 Å². The van der Waals surface area contributed by atoms with Crippen molar-refractivity contribution in [3.05, 3.63) is 23.3 Å². The minimum absolute atomic E-state index is 0.122. The number of nitrogens with two attached hydrogens (primary N) is 1. The molecule has 0 heterocycles. The van der Waals surface area contributed by atoms with E-state index in [-0.39, 0.29) is 9.97 Å². The Bertz CT molecular complexity index is 382. The Labute approximate surface area is 117 Å². The highest BCUT2D eigenvalue weighted by Crippen LogP contribution is 2.38. The molecule has 0 aliphatic rings. The average Bonchev–Trinajstić information content (AvgIpc) is 2.36. The van der Waals surface area contributed by atoms with Gasteiger partial charge >= 0.3 is 0 Å². The number of hydrogen-bond acceptors (Lipinski definition) is 3. The summed E-state index contributed by atoms with van der Waals surface area (Å²) in [7, 11) is 3.37. The van der Waals surface area contributed by atoms with Crippen LogP contribution in [0.2, 0.25) is 0 Å². The zero-order valence-electron chi connectivity index (χ0n) is 10.8. The van der Waals surface area contributed by atoms with E-state index in [0.29, 0.717) is 0 Å². The van der Waals surface area contributed by atoms with Gasteiger partial charge in [0.05, 0.1) is 18.1 Å². The van der Waals surface area contributed by atoms with E-state index in [4.69, 9.17) is 15.2 Å². The lowest BCUT2D eigenvalue weighted by Crippen LogP contribution is -2.24. The van der Waals surface area contributed by atoms with Crippen LogP contribution in [0.1, 0.15) is 28.4 Å². The van der Waals surface area contributed by atoms with Gasteiger partial charge in [0.15, 0.2) is 0 Å². The van der Waals surface area contributed by atoms with Gasteiger partial charge in [0.25, 0.3) is 0 Å². The van der Waals surface area contributed by atoms with E-state index in [9.17, 15) is 0 Å². The van der Waals surface area contributed by atoms with Crippen LogP contribution in [0.25, 0.3) is 0 Å². The van der Waals surface area contributed by atoms with Crippen LogP contribution in [0.15, 0.2) is 12.1 Å². The lowest BCUT2D eigenvalue weighted by molar-refractivity contribution is 0.395. The normalized spacial score (nSPS) is 14.2. The first kappa shape index (κ1) is 14.6. The van der Waals surface area contributed by atoms with E-state index in [1.165, 1.54) is 0 Å². The third-order valence-corrected chi connectivity index (χ3v) is 4.49. The minimum Gasteiger partial charge on any atom is -0.496 e. The molecule has 1 aromatic rings. The highest BCUT2D eigenvalue weighted by Gasteiger charge is 2.20. The Hall–Kier alpha value is -0.490. The zero-order valence-corrected chi connectivity index (χ0v) is 12.9. The van der Waals surface area contributed by atoms with Gasteiger partial charge in [-0.15, -0.1) is 0 Å². The minimum atomic E-state index is 0.122. The fourth-order valence-electron chi connectivity index (χ4n) is 1.73. The highest BCUT2D eigenvalue weighted by molar-refractivity contribution is 14.1. The van der Waals surface area contributed by atoms with Gasteiger partial charge in [-0.1, -0.05) is 29.5 Å². The largest absolute Gasteiger partial charge is 0.496 e. The Morgan fingerprint density at radius 1 is 1.24 bits per heavy atom. The second-order valence-corrected chi connectivity index (χ2v) is 5.38. The van der Waals surface area contributed by atoms with Crippen molar-refractivity contribution in [3.8, 4) is 11.5 Å². The third kappa shape index (κ3) is 3.25. The van der Waals surface area contributed by atoms with Crippen LogP contribution >= 0.6 is 22.6 Å². The number of benzene rings is 1. The average molecular weight is 349 g/mol. The Morgan fingerprint density at radius 3 is 2.29 bits per heavy atom. The molecule has 17 heavy (non-hydrogen) atoms. The SMILES string of the molecule is CC[C@@H](N)C(I)c1cc(OC)c(C)cc1OC. The third-order valence-electron chi connectivity index (χ3n) is 2.89.